The molecular formula is C17H12ClFN2O3S2. The van der Waals surface area contributed by atoms with Gasteiger partial charge in [0.2, 0.25) is 0 Å². The molecule has 0 aliphatic carbocycles. The Morgan fingerprint density at radius 3 is 2.42 bits per heavy atom. The molecule has 0 aliphatic rings. The van der Waals surface area contributed by atoms with Gasteiger partial charge in [0, 0.05) is 10.7 Å². The fraction of sp³-hybridized carbons (Fsp3) is 0. The molecule has 9 heteroatoms. The smallest absolute Gasteiger partial charge is 0.267 e. The fourth-order valence-electron chi connectivity index (χ4n) is 2.15. The molecule has 2 N–H and O–H groups in total. The lowest BCUT2D eigenvalue weighted by Crippen LogP contribution is -2.17. The van der Waals surface area contributed by atoms with E-state index in [2.05, 4.69) is 10.0 Å². The number of carbonyl (C=O) groups is 1. The quantitative estimate of drug-likeness (QED) is 0.645. The van der Waals surface area contributed by atoms with E-state index >= 15 is 0 Å². The van der Waals surface area contributed by atoms with Gasteiger partial charge in [0.05, 0.1) is 5.69 Å². The zero-order chi connectivity index (χ0) is 18.7. The number of nitrogens with one attached hydrogen (secondary N) is 2. The third-order valence-electron chi connectivity index (χ3n) is 3.34. The van der Waals surface area contributed by atoms with E-state index in [9.17, 15) is 17.6 Å². The average Bonchev–Trinajstić information content (AvgIpc) is 3.04. The Hall–Kier alpha value is -2.42. The number of hydrogen-bond acceptors (Lipinski definition) is 4. The highest BCUT2D eigenvalue weighted by Crippen LogP contribution is 2.27. The number of rotatable bonds is 5. The van der Waals surface area contributed by atoms with Crippen molar-refractivity contribution in [1.82, 2.24) is 0 Å². The van der Waals surface area contributed by atoms with Crippen molar-refractivity contribution in [1.29, 1.82) is 0 Å². The number of hydrogen-bond donors (Lipinski definition) is 2. The molecule has 0 radical (unpaired) electrons. The molecule has 3 aromatic rings. The van der Waals surface area contributed by atoms with Crippen molar-refractivity contribution in [3.8, 4) is 0 Å². The second-order valence-electron chi connectivity index (χ2n) is 5.16. The molecule has 134 valence electrons. The van der Waals surface area contributed by atoms with Crippen LogP contribution in [-0.2, 0) is 10.0 Å². The van der Waals surface area contributed by atoms with Crippen LogP contribution in [0.3, 0.4) is 0 Å². The number of benzene rings is 2. The van der Waals surface area contributed by atoms with Crippen molar-refractivity contribution in [3.05, 3.63) is 75.7 Å². The van der Waals surface area contributed by atoms with Gasteiger partial charge in [-0.1, -0.05) is 23.7 Å². The largest absolute Gasteiger partial charge is 0.321 e. The van der Waals surface area contributed by atoms with Gasteiger partial charge in [-0.15, -0.1) is 11.3 Å². The van der Waals surface area contributed by atoms with E-state index in [-0.39, 0.29) is 10.6 Å². The van der Waals surface area contributed by atoms with E-state index < -0.39 is 26.6 Å². The van der Waals surface area contributed by atoms with Crippen molar-refractivity contribution in [2.75, 3.05) is 10.0 Å². The monoisotopic (exact) mass is 410 g/mol. The molecule has 0 aliphatic heterocycles. The summed E-state index contributed by atoms with van der Waals surface area (Å²) in [6.45, 7) is 0. The second kappa shape index (κ2) is 7.45. The maximum atomic E-state index is 13.8. The third-order valence-corrected chi connectivity index (χ3v) is 5.91. The van der Waals surface area contributed by atoms with Gasteiger partial charge in [-0.05, 0) is 47.8 Å². The van der Waals surface area contributed by atoms with Gasteiger partial charge < -0.3 is 5.32 Å². The minimum Gasteiger partial charge on any atom is -0.321 e. The van der Waals surface area contributed by atoms with Crippen molar-refractivity contribution in [2.45, 2.75) is 4.90 Å². The summed E-state index contributed by atoms with van der Waals surface area (Å²) in [5, 5.41) is 4.74. The highest BCUT2D eigenvalue weighted by atomic mass is 35.5. The molecule has 0 atom stereocenters. The normalized spacial score (nSPS) is 11.2. The van der Waals surface area contributed by atoms with Crippen LogP contribution in [0.5, 0.6) is 0 Å². The topological polar surface area (TPSA) is 75.3 Å². The lowest BCUT2D eigenvalue weighted by Gasteiger charge is -2.10. The van der Waals surface area contributed by atoms with Gasteiger partial charge in [0.1, 0.15) is 15.6 Å². The summed E-state index contributed by atoms with van der Waals surface area (Å²) in [5.41, 5.74) is 0.584. The first kappa shape index (κ1) is 18.4. The molecule has 1 heterocycles. The molecule has 0 spiro atoms. The Morgan fingerprint density at radius 1 is 1.04 bits per heavy atom. The number of thiophene rings is 1. The molecule has 0 unspecified atom stereocenters. The number of carbonyl (C=O) groups excluding carboxylic acids is 1. The molecule has 0 fully saturated rings. The molecule has 0 saturated heterocycles. The van der Waals surface area contributed by atoms with Crippen LogP contribution in [0.2, 0.25) is 5.02 Å². The molecule has 26 heavy (non-hydrogen) atoms. The summed E-state index contributed by atoms with van der Waals surface area (Å²) < 4.78 is 40.8. The fourth-order valence-corrected chi connectivity index (χ4v) is 4.24. The maximum absolute atomic E-state index is 13.8. The minimum atomic E-state index is -4.16. The zero-order valence-corrected chi connectivity index (χ0v) is 15.5. The first-order chi connectivity index (χ1) is 12.4. The van der Waals surface area contributed by atoms with Crippen LogP contribution < -0.4 is 10.0 Å². The average molecular weight is 411 g/mol. The van der Waals surface area contributed by atoms with Crippen molar-refractivity contribution in [3.63, 3.8) is 0 Å². The van der Waals surface area contributed by atoms with Gasteiger partial charge >= 0.3 is 0 Å². The Balaban J connectivity index is 1.83. The van der Waals surface area contributed by atoms with Gasteiger partial charge in [-0.3, -0.25) is 9.52 Å². The standard InChI is InChI=1S/C17H12ClFN2O3S2/c18-11-5-7-12(8-6-11)20-17(22)16-14(9-10-25-16)21-26(23,24)15-4-2-1-3-13(15)19/h1-10,21H,(H,20,22). The molecule has 0 bridgehead atoms. The van der Waals surface area contributed by atoms with Crippen LogP contribution in [-0.4, -0.2) is 14.3 Å². The first-order valence-electron chi connectivity index (χ1n) is 7.28. The van der Waals surface area contributed by atoms with E-state index in [0.29, 0.717) is 10.7 Å². The van der Waals surface area contributed by atoms with Gasteiger partial charge in [0.15, 0.2) is 0 Å². The van der Waals surface area contributed by atoms with E-state index in [4.69, 9.17) is 11.6 Å². The Kier molecular flexibility index (Phi) is 5.26. The predicted molar refractivity (Wildman–Crippen MR) is 101 cm³/mol. The third kappa shape index (κ3) is 4.04. The Bertz CT molecular complexity index is 1050. The molecule has 3 rings (SSSR count). The van der Waals surface area contributed by atoms with E-state index in [1.807, 2.05) is 0 Å². The van der Waals surface area contributed by atoms with Gasteiger partial charge in [-0.2, -0.15) is 0 Å². The summed E-state index contributed by atoms with van der Waals surface area (Å²) in [6.07, 6.45) is 0. The molecule has 5 nitrogen and oxygen atoms in total. The molecule has 1 amide bonds. The van der Waals surface area contributed by atoms with Crippen molar-refractivity contribution >= 4 is 50.2 Å². The Morgan fingerprint density at radius 2 is 1.73 bits per heavy atom. The van der Waals surface area contributed by atoms with Crippen LogP contribution >= 0.6 is 22.9 Å². The lowest BCUT2D eigenvalue weighted by molar-refractivity contribution is 0.103. The maximum Gasteiger partial charge on any atom is 0.267 e. The van der Waals surface area contributed by atoms with E-state index in [1.54, 1.807) is 29.6 Å². The molecule has 1 aromatic heterocycles. The van der Waals surface area contributed by atoms with E-state index in [0.717, 1.165) is 23.5 Å². The van der Waals surface area contributed by atoms with Crippen LogP contribution in [0.1, 0.15) is 9.67 Å². The Labute approximate surface area is 158 Å². The molecular weight excluding hydrogens is 399 g/mol. The first-order valence-corrected chi connectivity index (χ1v) is 10.0. The summed E-state index contributed by atoms with van der Waals surface area (Å²) in [7, 11) is -4.16. The lowest BCUT2D eigenvalue weighted by atomic mass is 10.3. The highest BCUT2D eigenvalue weighted by Gasteiger charge is 2.22. The summed E-state index contributed by atoms with van der Waals surface area (Å²) in [6, 6.07) is 12.9. The minimum absolute atomic E-state index is 0.0738. The van der Waals surface area contributed by atoms with Crippen molar-refractivity contribution in [2.24, 2.45) is 0 Å². The summed E-state index contributed by atoms with van der Waals surface area (Å²) in [4.78, 5) is 12.1. The molecule has 2 aromatic carbocycles. The highest BCUT2D eigenvalue weighted by molar-refractivity contribution is 7.92. The van der Waals surface area contributed by atoms with E-state index in [1.165, 1.54) is 18.2 Å². The van der Waals surface area contributed by atoms with Crippen molar-refractivity contribution < 1.29 is 17.6 Å². The van der Waals surface area contributed by atoms with Gasteiger partial charge in [0.25, 0.3) is 15.9 Å². The van der Waals surface area contributed by atoms with Crippen LogP contribution in [0.4, 0.5) is 15.8 Å². The number of halogens is 2. The second-order valence-corrected chi connectivity index (χ2v) is 8.16. The van der Waals surface area contributed by atoms with Crippen LogP contribution in [0.25, 0.3) is 0 Å². The zero-order valence-electron chi connectivity index (χ0n) is 13.1. The summed E-state index contributed by atoms with van der Waals surface area (Å²) in [5.74, 6) is -1.36. The summed E-state index contributed by atoms with van der Waals surface area (Å²) >= 11 is 6.86. The van der Waals surface area contributed by atoms with Crippen LogP contribution in [0.15, 0.2) is 64.9 Å². The number of sulfonamides is 1. The van der Waals surface area contributed by atoms with Crippen LogP contribution in [0, 0.1) is 5.82 Å². The predicted octanol–water partition coefficient (Wildman–Crippen LogP) is 4.59. The SMILES string of the molecule is O=C(Nc1ccc(Cl)cc1)c1sccc1NS(=O)(=O)c1ccccc1F. The molecule has 0 saturated carbocycles. The number of amides is 1. The van der Waals surface area contributed by atoms with Gasteiger partial charge in [-0.25, -0.2) is 12.8 Å². The number of anilines is 2.